The first-order valence-electron chi connectivity index (χ1n) is 8.11. The van der Waals surface area contributed by atoms with Gasteiger partial charge >= 0.3 is 17.9 Å². The van der Waals surface area contributed by atoms with Gasteiger partial charge in [0.05, 0.1) is 12.1 Å². The molecule has 1 saturated heterocycles. The number of rotatable bonds is 8. The van der Waals surface area contributed by atoms with Gasteiger partial charge in [0.2, 0.25) is 5.91 Å². The number of hydrogen-bond acceptors (Lipinski definition) is 11. The van der Waals surface area contributed by atoms with Crippen molar-refractivity contribution in [1.29, 1.82) is 0 Å². The molecule has 6 atom stereocenters. The van der Waals surface area contributed by atoms with E-state index >= 15 is 0 Å². The topological polar surface area (TPSA) is 209 Å². The Labute approximate surface area is 158 Å². The molecule has 1 aliphatic heterocycles. The molecule has 1 heterocycles. The summed E-state index contributed by atoms with van der Waals surface area (Å²) >= 11 is 0. The Morgan fingerprint density at radius 3 is 2.32 bits per heavy atom. The maximum Gasteiger partial charge on any atom is 0.364 e. The predicted molar refractivity (Wildman–Crippen MR) is 85.3 cm³/mol. The number of aliphatic hydroxyl groups excluding tert-OH is 3. The van der Waals surface area contributed by atoms with Gasteiger partial charge in [0.25, 0.3) is 5.79 Å². The minimum Gasteiger partial charge on any atom is -0.477 e. The Morgan fingerprint density at radius 2 is 1.86 bits per heavy atom. The largest absolute Gasteiger partial charge is 0.477 e. The van der Waals surface area contributed by atoms with Crippen LogP contribution in [-0.2, 0) is 33.4 Å². The summed E-state index contributed by atoms with van der Waals surface area (Å²) in [5.41, 5.74) is 0. The molecule has 1 fully saturated rings. The number of carbonyl (C=O) groups excluding carboxylic acids is 3. The number of nitrogens with one attached hydrogen (secondary N) is 1. The van der Waals surface area contributed by atoms with Crippen molar-refractivity contribution in [3.8, 4) is 0 Å². The number of carbonyl (C=O) groups is 4. The summed E-state index contributed by atoms with van der Waals surface area (Å²) in [6.07, 6.45) is -7.91. The van der Waals surface area contributed by atoms with Crippen LogP contribution >= 0.6 is 0 Å². The van der Waals surface area contributed by atoms with E-state index < -0.39 is 79.7 Å². The van der Waals surface area contributed by atoms with E-state index in [0.717, 1.165) is 13.8 Å². The van der Waals surface area contributed by atoms with Gasteiger partial charge in [-0.1, -0.05) is 0 Å². The average molecular weight is 409 g/mol. The SMILES string of the molecule is CC(=O)OCC(O)C(OC(C)=O)C1OC(O)(C(=O)O)CC(O)C1NC(=O)CO. The summed E-state index contributed by atoms with van der Waals surface area (Å²) in [5.74, 6) is -7.53. The highest BCUT2D eigenvalue weighted by atomic mass is 16.7. The number of carboxylic acids is 1. The van der Waals surface area contributed by atoms with Crippen LogP contribution in [-0.4, -0.2) is 98.8 Å². The average Bonchev–Trinajstić information content (AvgIpc) is 2.59. The van der Waals surface area contributed by atoms with E-state index in [9.17, 15) is 39.6 Å². The van der Waals surface area contributed by atoms with Gasteiger partial charge in [-0.25, -0.2) is 4.79 Å². The lowest BCUT2D eigenvalue weighted by Crippen LogP contribution is -2.68. The lowest BCUT2D eigenvalue weighted by Gasteiger charge is -2.45. The molecule has 0 aromatic rings. The van der Waals surface area contributed by atoms with Crippen molar-refractivity contribution in [3.05, 3.63) is 0 Å². The van der Waals surface area contributed by atoms with Crippen molar-refractivity contribution < 1.29 is 58.9 Å². The standard InChI is InChI=1S/C15H23NO12/c1-6(18)26-5-9(21)12(27-7(2)19)13-11(16-10(22)4-17)8(20)3-15(25,28-13)14(23)24/h8-9,11-13,17,20-21,25H,3-5H2,1-2H3,(H,16,22)(H,23,24). The van der Waals surface area contributed by atoms with Crippen LogP contribution in [0.15, 0.2) is 0 Å². The van der Waals surface area contributed by atoms with Crippen molar-refractivity contribution in [2.45, 2.75) is 56.5 Å². The maximum absolute atomic E-state index is 11.5. The van der Waals surface area contributed by atoms with Crippen LogP contribution < -0.4 is 5.32 Å². The quantitative estimate of drug-likeness (QED) is 0.214. The lowest BCUT2D eigenvalue weighted by atomic mass is 9.88. The Balaban J connectivity index is 3.27. The second-order valence-corrected chi connectivity index (χ2v) is 6.14. The summed E-state index contributed by atoms with van der Waals surface area (Å²) in [6.45, 7) is 0.306. The Morgan fingerprint density at radius 1 is 1.25 bits per heavy atom. The van der Waals surface area contributed by atoms with E-state index in [1.165, 1.54) is 0 Å². The van der Waals surface area contributed by atoms with E-state index in [1.807, 2.05) is 0 Å². The van der Waals surface area contributed by atoms with Crippen LogP contribution in [0.5, 0.6) is 0 Å². The van der Waals surface area contributed by atoms with E-state index in [0.29, 0.717) is 0 Å². The van der Waals surface area contributed by atoms with E-state index in [1.54, 1.807) is 0 Å². The highest BCUT2D eigenvalue weighted by Gasteiger charge is 2.55. The molecule has 0 aromatic carbocycles. The number of ether oxygens (including phenoxy) is 3. The van der Waals surface area contributed by atoms with Gasteiger partial charge in [0.15, 0.2) is 6.10 Å². The summed E-state index contributed by atoms with van der Waals surface area (Å²) in [4.78, 5) is 45.3. The third-order valence-corrected chi connectivity index (χ3v) is 3.85. The zero-order valence-electron chi connectivity index (χ0n) is 15.1. The molecule has 160 valence electrons. The maximum atomic E-state index is 11.5. The monoisotopic (exact) mass is 409 g/mol. The van der Waals surface area contributed by atoms with Crippen molar-refractivity contribution in [2.75, 3.05) is 13.2 Å². The third kappa shape index (κ3) is 6.10. The molecule has 1 amide bonds. The molecule has 1 rings (SSSR count). The van der Waals surface area contributed by atoms with Gasteiger partial charge in [-0.2, -0.15) is 0 Å². The number of amides is 1. The second kappa shape index (κ2) is 9.75. The molecule has 28 heavy (non-hydrogen) atoms. The number of carboxylic acid groups (broad SMARTS) is 1. The lowest BCUT2D eigenvalue weighted by molar-refractivity contribution is -0.296. The molecule has 0 spiro atoms. The summed E-state index contributed by atoms with van der Waals surface area (Å²) in [7, 11) is 0. The molecule has 0 bridgehead atoms. The van der Waals surface area contributed by atoms with Crippen LogP contribution in [0, 0.1) is 0 Å². The predicted octanol–water partition coefficient (Wildman–Crippen LogP) is -3.76. The number of aliphatic hydroxyl groups is 4. The fourth-order valence-corrected chi connectivity index (χ4v) is 2.65. The van der Waals surface area contributed by atoms with Crippen molar-refractivity contribution in [1.82, 2.24) is 5.32 Å². The first-order chi connectivity index (χ1) is 12.9. The van der Waals surface area contributed by atoms with Gasteiger partial charge in [-0.3, -0.25) is 14.4 Å². The Bertz CT molecular complexity index is 610. The molecule has 1 aliphatic rings. The molecular formula is C15H23NO12. The van der Waals surface area contributed by atoms with Crippen LogP contribution in [0.1, 0.15) is 20.3 Å². The Kier molecular flexibility index (Phi) is 8.26. The fraction of sp³-hybridized carbons (Fsp3) is 0.733. The zero-order valence-corrected chi connectivity index (χ0v) is 15.1. The molecule has 13 nitrogen and oxygen atoms in total. The van der Waals surface area contributed by atoms with E-state index in [2.05, 4.69) is 10.1 Å². The van der Waals surface area contributed by atoms with E-state index in [-0.39, 0.29) is 0 Å². The van der Waals surface area contributed by atoms with Gasteiger partial charge in [-0.05, 0) is 0 Å². The van der Waals surface area contributed by atoms with Crippen LogP contribution in [0.2, 0.25) is 0 Å². The van der Waals surface area contributed by atoms with Crippen LogP contribution in [0.25, 0.3) is 0 Å². The summed E-state index contributed by atoms with van der Waals surface area (Å²) in [6, 6.07) is -1.49. The second-order valence-electron chi connectivity index (χ2n) is 6.14. The molecule has 0 aliphatic carbocycles. The molecule has 6 unspecified atom stereocenters. The molecule has 0 saturated carbocycles. The first kappa shape index (κ1) is 23.7. The summed E-state index contributed by atoms with van der Waals surface area (Å²) in [5, 5.41) is 50.8. The smallest absolute Gasteiger partial charge is 0.364 e. The molecule has 6 N–H and O–H groups in total. The van der Waals surface area contributed by atoms with E-state index in [4.69, 9.17) is 14.6 Å². The van der Waals surface area contributed by atoms with Gasteiger partial charge in [0, 0.05) is 20.3 Å². The number of hydrogen-bond donors (Lipinski definition) is 6. The molecule has 0 aromatic heterocycles. The van der Waals surface area contributed by atoms with Gasteiger partial charge < -0.3 is 45.1 Å². The summed E-state index contributed by atoms with van der Waals surface area (Å²) < 4.78 is 14.6. The van der Waals surface area contributed by atoms with Crippen LogP contribution in [0.3, 0.4) is 0 Å². The molecule has 0 radical (unpaired) electrons. The minimum absolute atomic E-state index is 0.699. The van der Waals surface area contributed by atoms with Crippen LogP contribution in [0.4, 0.5) is 0 Å². The highest BCUT2D eigenvalue weighted by molar-refractivity contribution is 5.78. The fourth-order valence-electron chi connectivity index (χ4n) is 2.65. The number of esters is 2. The Hall–Kier alpha value is -2.32. The van der Waals surface area contributed by atoms with Gasteiger partial charge in [-0.15, -0.1) is 0 Å². The molecule has 13 heteroatoms. The number of aliphatic carboxylic acids is 1. The normalized spacial score (nSPS) is 29.3. The molecular weight excluding hydrogens is 386 g/mol. The van der Waals surface area contributed by atoms with Crippen molar-refractivity contribution >= 4 is 23.8 Å². The third-order valence-electron chi connectivity index (χ3n) is 3.85. The first-order valence-corrected chi connectivity index (χ1v) is 8.11. The highest BCUT2D eigenvalue weighted by Crippen LogP contribution is 2.31. The van der Waals surface area contributed by atoms with Crippen molar-refractivity contribution in [2.24, 2.45) is 0 Å². The minimum atomic E-state index is -2.93. The zero-order chi connectivity index (χ0) is 21.6. The van der Waals surface area contributed by atoms with Gasteiger partial charge in [0.1, 0.15) is 25.4 Å². The van der Waals surface area contributed by atoms with Crippen molar-refractivity contribution in [3.63, 3.8) is 0 Å².